The minimum Gasteiger partial charge on any atom is -0.384 e. The van der Waals surface area contributed by atoms with Crippen molar-refractivity contribution in [3.63, 3.8) is 0 Å². The van der Waals surface area contributed by atoms with E-state index in [2.05, 4.69) is 43.9 Å². The molecule has 0 radical (unpaired) electrons. The van der Waals surface area contributed by atoms with E-state index >= 15 is 0 Å². The van der Waals surface area contributed by atoms with Gasteiger partial charge in [-0.2, -0.15) is 0 Å². The molecular weight excluding hydrogens is 362 g/mol. The second kappa shape index (κ2) is 12.8. The fraction of sp³-hybridized carbons (Fsp3) is 0.583. The first-order chi connectivity index (χ1) is 13.3. The average Bonchev–Trinajstić information content (AvgIpc) is 3.18. The highest BCUT2D eigenvalue weighted by atomic mass is 32.2. The highest BCUT2D eigenvalue weighted by molar-refractivity contribution is 8.17. The summed E-state index contributed by atoms with van der Waals surface area (Å²) < 4.78 is 0. The van der Waals surface area contributed by atoms with Crippen molar-refractivity contribution in [1.29, 1.82) is 0 Å². The summed E-state index contributed by atoms with van der Waals surface area (Å²) in [6.45, 7) is 16.1. The van der Waals surface area contributed by atoms with Crippen molar-refractivity contribution >= 4 is 22.5 Å². The van der Waals surface area contributed by atoms with Crippen molar-refractivity contribution in [2.75, 3.05) is 7.05 Å². The largest absolute Gasteiger partial charge is 0.384 e. The van der Waals surface area contributed by atoms with Gasteiger partial charge in [-0.05, 0) is 63.4 Å². The molecule has 2 aliphatic rings. The second-order valence-electron chi connectivity index (χ2n) is 7.71. The Hall–Kier alpha value is -1.55. The lowest BCUT2D eigenvalue weighted by molar-refractivity contribution is 0.665. The number of aliphatic imine (C=N–C) groups is 2. The van der Waals surface area contributed by atoms with Crippen LogP contribution in [-0.2, 0) is 0 Å². The van der Waals surface area contributed by atoms with Crippen molar-refractivity contribution < 1.29 is 0 Å². The number of thioether (sulfide) groups is 1. The Labute approximate surface area is 177 Å². The standard InChI is InChI=1S/C15H21N3S.C9H18/c1-9(19-11(3)17-4)15-13-7-5-6-12(13)8-14(15)18-10(2)16;1-4-5-6-7-8-9(2)3/h2,5-8,16H2,1,3-4H3;2,4-8H2,1,3H3/b15-9+,17-11?,18-14-;. The third kappa shape index (κ3) is 8.22. The van der Waals surface area contributed by atoms with Gasteiger partial charge < -0.3 is 5.73 Å². The Morgan fingerprint density at radius 2 is 1.82 bits per heavy atom. The van der Waals surface area contributed by atoms with Gasteiger partial charge >= 0.3 is 0 Å². The summed E-state index contributed by atoms with van der Waals surface area (Å²) in [5, 5.41) is 1.07. The van der Waals surface area contributed by atoms with Gasteiger partial charge in [-0.1, -0.05) is 55.7 Å². The van der Waals surface area contributed by atoms with E-state index in [0.717, 1.165) is 17.2 Å². The molecule has 0 spiro atoms. The lowest BCUT2D eigenvalue weighted by atomic mass is 10.0. The van der Waals surface area contributed by atoms with E-state index < -0.39 is 0 Å². The average molecular weight is 402 g/mol. The van der Waals surface area contributed by atoms with E-state index in [1.54, 1.807) is 17.3 Å². The molecule has 0 saturated heterocycles. The van der Waals surface area contributed by atoms with Crippen LogP contribution in [0, 0.1) is 0 Å². The molecular formula is C24H39N3S. The molecule has 3 nitrogen and oxygen atoms in total. The van der Waals surface area contributed by atoms with Crippen LogP contribution in [-0.4, -0.2) is 17.8 Å². The molecule has 0 heterocycles. The van der Waals surface area contributed by atoms with Crippen molar-refractivity contribution in [2.24, 2.45) is 15.7 Å². The maximum atomic E-state index is 5.66. The zero-order chi connectivity index (χ0) is 21.1. The second-order valence-corrected chi connectivity index (χ2v) is 9.11. The number of allylic oxidation sites excluding steroid dienone is 5. The first-order valence-electron chi connectivity index (χ1n) is 10.5. The number of nitrogens with zero attached hydrogens (tertiary/aromatic N) is 2. The lowest BCUT2D eigenvalue weighted by Gasteiger charge is -2.11. The number of nitrogens with two attached hydrogens (primary N) is 1. The van der Waals surface area contributed by atoms with E-state index in [4.69, 9.17) is 5.73 Å². The molecule has 0 saturated carbocycles. The van der Waals surface area contributed by atoms with Crippen LogP contribution in [0.25, 0.3) is 0 Å². The van der Waals surface area contributed by atoms with Crippen LogP contribution in [0.3, 0.4) is 0 Å². The van der Waals surface area contributed by atoms with Gasteiger partial charge in [0.05, 0.1) is 10.8 Å². The van der Waals surface area contributed by atoms with E-state index in [1.807, 2.05) is 14.0 Å². The molecule has 28 heavy (non-hydrogen) atoms. The van der Waals surface area contributed by atoms with Crippen LogP contribution < -0.4 is 5.73 Å². The van der Waals surface area contributed by atoms with Crippen LogP contribution in [0.1, 0.15) is 85.5 Å². The Balaban J connectivity index is 0.000000370. The van der Waals surface area contributed by atoms with Crippen molar-refractivity contribution in [2.45, 2.75) is 85.5 Å². The SMILES string of the molecule is C=C(C)CCCCCC.C=C(N)/N=C1/CC2=C(CCC2)/C1=C(/C)SC(C)=NC. The molecule has 0 aliphatic heterocycles. The maximum absolute atomic E-state index is 5.66. The zero-order valence-corrected chi connectivity index (χ0v) is 19.5. The molecule has 0 aromatic heterocycles. The third-order valence-corrected chi connectivity index (χ3v) is 6.00. The molecule has 156 valence electrons. The van der Waals surface area contributed by atoms with E-state index in [0.29, 0.717) is 5.82 Å². The fourth-order valence-electron chi connectivity index (χ4n) is 3.62. The minimum absolute atomic E-state index is 0.396. The lowest BCUT2D eigenvalue weighted by Crippen LogP contribution is -2.05. The summed E-state index contributed by atoms with van der Waals surface area (Å²) in [6, 6.07) is 0. The predicted molar refractivity (Wildman–Crippen MR) is 129 cm³/mol. The molecule has 2 aliphatic carbocycles. The Bertz CT molecular complexity index is 693. The molecule has 0 fully saturated rings. The number of rotatable bonds is 7. The van der Waals surface area contributed by atoms with Crippen molar-refractivity contribution in [3.05, 3.63) is 46.2 Å². The fourth-order valence-corrected chi connectivity index (χ4v) is 4.50. The van der Waals surface area contributed by atoms with Crippen molar-refractivity contribution in [3.8, 4) is 0 Å². The van der Waals surface area contributed by atoms with Crippen LogP contribution >= 0.6 is 11.8 Å². The summed E-state index contributed by atoms with van der Waals surface area (Å²) in [7, 11) is 1.83. The topological polar surface area (TPSA) is 50.7 Å². The highest BCUT2D eigenvalue weighted by Crippen LogP contribution is 2.44. The Morgan fingerprint density at radius 1 is 1.11 bits per heavy atom. The minimum atomic E-state index is 0.396. The monoisotopic (exact) mass is 401 g/mol. The smallest absolute Gasteiger partial charge is 0.116 e. The molecule has 0 aromatic rings. The summed E-state index contributed by atoms with van der Waals surface area (Å²) in [6.07, 6.45) is 11.2. The summed E-state index contributed by atoms with van der Waals surface area (Å²) in [4.78, 5) is 9.93. The maximum Gasteiger partial charge on any atom is 0.116 e. The van der Waals surface area contributed by atoms with Gasteiger partial charge in [0.15, 0.2) is 0 Å². The predicted octanol–water partition coefficient (Wildman–Crippen LogP) is 7.33. The van der Waals surface area contributed by atoms with E-state index in [1.165, 1.54) is 73.0 Å². The van der Waals surface area contributed by atoms with Crippen LogP contribution in [0.2, 0.25) is 0 Å². The van der Waals surface area contributed by atoms with Gasteiger partial charge in [-0.15, -0.1) is 6.58 Å². The first kappa shape index (κ1) is 24.5. The molecule has 0 bridgehead atoms. The zero-order valence-electron chi connectivity index (χ0n) is 18.7. The molecule has 0 unspecified atom stereocenters. The highest BCUT2D eigenvalue weighted by Gasteiger charge is 2.30. The summed E-state index contributed by atoms with van der Waals surface area (Å²) >= 11 is 1.72. The van der Waals surface area contributed by atoms with Crippen LogP contribution in [0.4, 0.5) is 0 Å². The first-order valence-corrected chi connectivity index (χ1v) is 11.3. The quantitative estimate of drug-likeness (QED) is 0.210. The molecule has 2 N–H and O–H groups in total. The van der Waals surface area contributed by atoms with Crippen molar-refractivity contribution in [1.82, 2.24) is 0 Å². The van der Waals surface area contributed by atoms with Gasteiger partial charge in [0, 0.05) is 19.0 Å². The van der Waals surface area contributed by atoms with Gasteiger partial charge in [-0.25, -0.2) is 4.99 Å². The summed E-state index contributed by atoms with van der Waals surface area (Å²) in [5.41, 5.74) is 12.4. The van der Waals surface area contributed by atoms with E-state index in [9.17, 15) is 0 Å². The van der Waals surface area contributed by atoms with Crippen LogP contribution in [0.5, 0.6) is 0 Å². The Kier molecular flexibility index (Phi) is 11.2. The third-order valence-electron chi connectivity index (χ3n) is 5.01. The van der Waals surface area contributed by atoms with E-state index in [-0.39, 0.29) is 0 Å². The number of hydrogen-bond donors (Lipinski definition) is 1. The Morgan fingerprint density at radius 3 is 2.39 bits per heavy atom. The molecule has 0 amide bonds. The molecule has 2 rings (SSSR count). The van der Waals surface area contributed by atoms with Gasteiger partial charge in [-0.3, -0.25) is 4.99 Å². The normalized spacial score (nSPS) is 19.5. The molecule has 4 heteroatoms. The summed E-state index contributed by atoms with van der Waals surface area (Å²) in [5.74, 6) is 0.396. The molecule has 0 aromatic carbocycles. The van der Waals surface area contributed by atoms with Crippen LogP contribution in [0.15, 0.2) is 56.2 Å². The van der Waals surface area contributed by atoms with Gasteiger partial charge in [0.1, 0.15) is 5.82 Å². The van der Waals surface area contributed by atoms with Gasteiger partial charge in [0.25, 0.3) is 0 Å². The number of unbranched alkanes of at least 4 members (excludes halogenated alkanes) is 3. The van der Waals surface area contributed by atoms with Gasteiger partial charge in [0.2, 0.25) is 0 Å². The molecule has 0 atom stereocenters. The number of hydrogen-bond acceptors (Lipinski definition) is 4.